The number of rotatable bonds is 7. The van der Waals surface area contributed by atoms with Gasteiger partial charge < -0.3 is 4.90 Å². The average molecular weight is 407 g/mol. The summed E-state index contributed by atoms with van der Waals surface area (Å²) >= 11 is 1.51. The van der Waals surface area contributed by atoms with Gasteiger partial charge in [0.1, 0.15) is 0 Å². The summed E-state index contributed by atoms with van der Waals surface area (Å²) in [6, 6.07) is 12.2. The summed E-state index contributed by atoms with van der Waals surface area (Å²) in [7, 11) is -3.12. The van der Waals surface area contributed by atoms with Gasteiger partial charge in [0.25, 0.3) is 5.91 Å². The van der Waals surface area contributed by atoms with Crippen molar-refractivity contribution < 1.29 is 13.2 Å². The molecular weight excluding hydrogens is 380 g/mol. The first kappa shape index (κ1) is 20.0. The summed E-state index contributed by atoms with van der Waals surface area (Å²) in [5.41, 5.74) is 2.43. The van der Waals surface area contributed by atoms with Crippen LogP contribution in [0.1, 0.15) is 33.6 Å². The van der Waals surface area contributed by atoms with E-state index in [1.807, 2.05) is 22.4 Å². The number of nitrogens with one attached hydrogen (secondary N) is 1. The number of carbonyl (C=O) groups is 1. The average Bonchev–Trinajstić information content (AvgIpc) is 3.17. The molecule has 1 aliphatic rings. The molecule has 1 amide bonds. The summed E-state index contributed by atoms with van der Waals surface area (Å²) < 4.78 is 24.7. The van der Waals surface area contributed by atoms with Gasteiger partial charge in [0, 0.05) is 19.6 Å². The van der Waals surface area contributed by atoms with Crippen molar-refractivity contribution in [2.75, 3.05) is 25.9 Å². The molecular formula is C20H26N2O3S2. The Hall–Kier alpha value is -1.70. The van der Waals surface area contributed by atoms with Crippen molar-refractivity contribution in [1.82, 2.24) is 9.62 Å². The molecule has 1 aromatic heterocycles. The molecule has 0 spiro atoms. The standard InChI is InChI=1S/C20H26N2O3S2/c1-27(24,25)21-11-8-16-4-6-17(7-5-16)15-18-9-12-22(13-10-18)20(23)19-3-2-14-26-19/h2-7,14,18,21H,8-13,15H2,1H3. The molecule has 2 heterocycles. The molecule has 0 unspecified atom stereocenters. The molecule has 1 N–H and O–H groups in total. The zero-order valence-corrected chi connectivity index (χ0v) is 17.2. The maximum atomic E-state index is 12.4. The minimum atomic E-state index is -3.12. The number of nitrogens with zero attached hydrogens (tertiary/aromatic N) is 1. The predicted octanol–water partition coefficient (Wildman–Crippen LogP) is 2.93. The van der Waals surface area contributed by atoms with E-state index >= 15 is 0 Å². The first-order chi connectivity index (χ1) is 12.9. The second-order valence-corrected chi connectivity index (χ2v) is 9.93. The highest BCUT2D eigenvalue weighted by Gasteiger charge is 2.24. The van der Waals surface area contributed by atoms with E-state index in [9.17, 15) is 13.2 Å². The summed E-state index contributed by atoms with van der Waals surface area (Å²) in [5.74, 6) is 0.769. The zero-order chi connectivity index (χ0) is 19.3. The Balaban J connectivity index is 1.44. The number of thiophene rings is 1. The van der Waals surface area contributed by atoms with Crippen LogP contribution >= 0.6 is 11.3 Å². The van der Waals surface area contributed by atoms with Crippen LogP contribution in [0.4, 0.5) is 0 Å². The lowest BCUT2D eigenvalue weighted by atomic mass is 9.89. The number of carbonyl (C=O) groups excluding carboxylic acids is 1. The lowest BCUT2D eigenvalue weighted by Gasteiger charge is -2.31. The molecule has 0 atom stereocenters. The molecule has 0 aliphatic carbocycles. The van der Waals surface area contributed by atoms with Gasteiger partial charge in [-0.2, -0.15) is 0 Å². The van der Waals surface area contributed by atoms with E-state index in [1.54, 1.807) is 0 Å². The van der Waals surface area contributed by atoms with E-state index in [1.165, 1.54) is 23.2 Å². The fourth-order valence-electron chi connectivity index (χ4n) is 3.45. The largest absolute Gasteiger partial charge is 0.338 e. The van der Waals surface area contributed by atoms with Gasteiger partial charge in [-0.1, -0.05) is 30.3 Å². The number of benzene rings is 1. The molecule has 1 aromatic carbocycles. The summed E-state index contributed by atoms with van der Waals surface area (Å²) in [6.45, 7) is 2.09. The minimum absolute atomic E-state index is 0.163. The maximum absolute atomic E-state index is 12.4. The molecule has 0 saturated carbocycles. The molecule has 1 fully saturated rings. The van der Waals surface area contributed by atoms with Gasteiger partial charge in [0.05, 0.1) is 11.1 Å². The van der Waals surface area contributed by atoms with Crippen molar-refractivity contribution in [2.45, 2.75) is 25.7 Å². The Bertz CT molecular complexity index is 838. The predicted molar refractivity (Wildman–Crippen MR) is 110 cm³/mol. The van der Waals surface area contributed by atoms with Gasteiger partial charge in [0.15, 0.2) is 0 Å². The van der Waals surface area contributed by atoms with E-state index in [0.717, 1.165) is 42.8 Å². The summed E-state index contributed by atoms with van der Waals surface area (Å²) in [6.07, 6.45) is 4.98. The van der Waals surface area contributed by atoms with Gasteiger partial charge >= 0.3 is 0 Å². The van der Waals surface area contributed by atoms with Gasteiger partial charge in [-0.25, -0.2) is 13.1 Å². The minimum Gasteiger partial charge on any atom is -0.338 e. The molecule has 5 nitrogen and oxygen atoms in total. The molecule has 3 rings (SSSR count). The second kappa shape index (κ2) is 8.99. The Morgan fingerprint density at radius 2 is 1.81 bits per heavy atom. The lowest BCUT2D eigenvalue weighted by molar-refractivity contribution is 0.0695. The van der Waals surface area contributed by atoms with Crippen LogP contribution in [0.2, 0.25) is 0 Å². The first-order valence-corrected chi connectivity index (χ1v) is 12.0. The van der Waals surface area contributed by atoms with Gasteiger partial charge in [-0.05, 0) is 54.2 Å². The molecule has 7 heteroatoms. The Kier molecular flexibility index (Phi) is 6.68. The molecule has 0 radical (unpaired) electrons. The Labute approximate surface area is 165 Å². The van der Waals surface area contributed by atoms with Crippen LogP contribution in [0, 0.1) is 5.92 Å². The first-order valence-electron chi connectivity index (χ1n) is 9.26. The van der Waals surface area contributed by atoms with Crippen molar-refractivity contribution in [3.63, 3.8) is 0 Å². The van der Waals surface area contributed by atoms with E-state index in [4.69, 9.17) is 0 Å². The van der Waals surface area contributed by atoms with Crippen molar-refractivity contribution >= 4 is 27.3 Å². The van der Waals surface area contributed by atoms with Crippen LogP contribution in [0.15, 0.2) is 41.8 Å². The van der Waals surface area contributed by atoms with Crippen LogP contribution in [-0.4, -0.2) is 45.1 Å². The normalized spacial score (nSPS) is 15.8. The van der Waals surface area contributed by atoms with Crippen LogP contribution in [0.25, 0.3) is 0 Å². The summed E-state index contributed by atoms with van der Waals surface area (Å²) in [4.78, 5) is 15.2. The second-order valence-electron chi connectivity index (χ2n) is 7.15. The topological polar surface area (TPSA) is 66.5 Å². The van der Waals surface area contributed by atoms with Crippen molar-refractivity contribution in [3.8, 4) is 0 Å². The smallest absolute Gasteiger partial charge is 0.263 e. The third-order valence-corrected chi connectivity index (χ3v) is 6.55. The Morgan fingerprint density at radius 3 is 2.41 bits per heavy atom. The van der Waals surface area contributed by atoms with Crippen molar-refractivity contribution in [3.05, 3.63) is 57.8 Å². The molecule has 1 aliphatic heterocycles. The monoisotopic (exact) mass is 406 g/mol. The third kappa shape index (κ3) is 6.16. The van der Waals surface area contributed by atoms with E-state index < -0.39 is 10.0 Å². The van der Waals surface area contributed by atoms with Crippen molar-refractivity contribution in [2.24, 2.45) is 5.92 Å². The molecule has 1 saturated heterocycles. The maximum Gasteiger partial charge on any atom is 0.263 e. The number of sulfonamides is 1. The highest BCUT2D eigenvalue weighted by molar-refractivity contribution is 7.88. The summed E-state index contributed by atoms with van der Waals surface area (Å²) in [5, 5.41) is 1.95. The molecule has 2 aromatic rings. The zero-order valence-electron chi connectivity index (χ0n) is 15.6. The van der Waals surface area contributed by atoms with Crippen LogP contribution in [0.3, 0.4) is 0 Å². The fourth-order valence-corrected chi connectivity index (χ4v) is 4.62. The molecule has 146 valence electrons. The number of hydrogen-bond acceptors (Lipinski definition) is 4. The van der Waals surface area contributed by atoms with E-state index in [2.05, 4.69) is 29.0 Å². The highest BCUT2D eigenvalue weighted by Crippen LogP contribution is 2.24. The third-order valence-electron chi connectivity index (χ3n) is 4.96. The molecule has 0 bridgehead atoms. The number of hydrogen-bond donors (Lipinski definition) is 1. The lowest BCUT2D eigenvalue weighted by Crippen LogP contribution is -2.38. The van der Waals surface area contributed by atoms with Crippen LogP contribution in [-0.2, 0) is 22.9 Å². The van der Waals surface area contributed by atoms with Gasteiger partial charge in [-0.15, -0.1) is 11.3 Å². The van der Waals surface area contributed by atoms with E-state index in [0.29, 0.717) is 18.9 Å². The van der Waals surface area contributed by atoms with Crippen LogP contribution in [0.5, 0.6) is 0 Å². The highest BCUT2D eigenvalue weighted by atomic mass is 32.2. The fraction of sp³-hybridized carbons (Fsp3) is 0.450. The SMILES string of the molecule is CS(=O)(=O)NCCc1ccc(CC2CCN(C(=O)c3cccs3)CC2)cc1. The Morgan fingerprint density at radius 1 is 1.15 bits per heavy atom. The van der Waals surface area contributed by atoms with Crippen LogP contribution < -0.4 is 4.72 Å². The van der Waals surface area contributed by atoms with E-state index in [-0.39, 0.29) is 5.91 Å². The number of piperidine rings is 1. The number of likely N-dealkylation sites (tertiary alicyclic amines) is 1. The van der Waals surface area contributed by atoms with Crippen molar-refractivity contribution in [1.29, 1.82) is 0 Å². The molecule has 27 heavy (non-hydrogen) atoms. The number of amides is 1. The quantitative estimate of drug-likeness (QED) is 0.769. The van der Waals surface area contributed by atoms with Gasteiger partial charge in [0.2, 0.25) is 10.0 Å². The van der Waals surface area contributed by atoms with Gasteiger partial charge in [-0.3, -0.25) is 4.79 Å².